The average molecular weight is 428 g/mol. The van der Waals surface area contributed by atoms with Crippen LogP contribution in [0.5, 0.6) is 5.75 Å². The highest BCUT2D eigenvalue weighted by Crippen LogP contribution is 2.30. The van der Waals surface area contributed by atoms with Crippen LogP contribution >= 0.6 is 11.8 Å². The van der Waals surface area contributed by atoms with Crippen molar-refractivity contribution < 1.29 is 19.4 Å². The van der Waals surface area contributed by atoms with Crippen molar-refractivity contribution in [2.45, 2.75) is 25.0 Å². The number of nitrogens with zero attached hydrogens (tertiary/aromatic N) is 2. The first-order valence-corrected chi connectivity index (χ1v) is 10.7. The Bertz CT molecular complexity index is 887. The number of hydrogen-bond acceptors (Lipinski definition) is 6. The number of carbonyl (C=O) groups excluding carboxylic acids is 2. The van der Waals surface area contributed by atoms with Crippen LogP contribution in [0.25, 0.3) is 0 Å². The molecule has 158 valence electrons. The Morgan fingerprint density at radius 2 is 1.97 bits per heavy atom. The van der Waals surface area contributed by atoms with Crippen molar-refractivity contribution >= 4 is 40.1 Å². The van der Waals surface area contributed by atoms with Crippen LogP contribution in [0.3, 0.4) is 0 Å². The van der Waals surface area contributed by atoms with Crippen LogP contribution in [0.4, 0.5) is 11.4 Å². The molecule has 1 aliphatic heterocycles. The Morgan fingerprint density at radius 1 is 1.23 bits per heavy atom. The molecule has 0 saturated carbocycles. The third-order valence-corrected chi connectivity index (χ3v) is 5.52. The van der Waals surface area contributed by atoms with Crippen LogP contribution in [0, 0.1) is 0 Å². The second-order valence-electron chi connectivity index (χ2n) is 6.67. The molecule has 1 fully saturated rings. The zero-order chi connectivity index (χ0) is 21.3. The summed E-state index contributed by atoms with van der Waals surface area (Å²) < 4.78 is 5.55. The van der Waals surface area contributed by atoms with E-state index in [9.17, 15) is 14.7 Å². The Hall–Kier alpha value is -2.84. The summed E-state index contributed by atoms with van der Waals surface area (Å²) in [4.78, 5) is 31.4. The van der Waals surface area contributed by atoms with Gasteiger partial charge in [-0.15, -0.1) is 0 Å². The fourth-order valence-electron chi connectivity index (χ4n) is 2.85. The minimum absolute atomic E-state index is 0.0437. The molecule has 2 aromatic rings. The number of ether oxygens (including phenoxy) is 1. The normalized spacial score (nSPS) is 17.8. The number of carbonyl (C=O) groups is 2. The molecule has 1 aliphatic rings. The van der Waals surface area contributed by atoms with Crippen LogP contribution in [0.15, 0.2) is 59.6 Å². The summed E-state index contributed by atoms with van der Waals surface area (Å²) in [5.41, 5.74) is 1.32. The average Bonchev–Trinajstić information content (AvgIpc) is 2.76. The van der Waals surface area contributed by atoms with Crippen molar-refractivity contribution in [1.82, 2.24) is 4.90 Å². The number of aliphatic imine (C=N–C) groups is 1. The van der Waals surface area contributed by atoms with Gasteiger partial charge in [0.05, 0.1) is 25.4 Å². The van der Waals surface area contributed by atoms with E-state index in [0.29, 0.717) is 23.1 Å². The number of thioether (sulfide) groups is 1. The van der Waals surface area contributed by atoms with Gasteiger partial charge in [0.1, 0.15) is 11.0 Å². The number of benzene rings is 2. The lowest BCUT2D eigenvalue weighted by Crippen LogP contribution is -2.46. The summed E-state index contributed by atoms with van der Waals surface area (Å²) in [6.45, 7) is 2.64. The molecule has 1 heterocycles. The van der Waals surface area contributed by atoms with Gasteiger partial charge < -0.3 is 15.2 Å². The van der Waals surface area contributed by atoms with E-state index in [4.69, 9.17) is 4.74 Å². The van der Waals surface area contributed by atoms with Crippen LogP contribution < -0.4 is 10.1 Å². The Morgan fingerprint density at radius 3 is 2.63 bits per heavy atom. The van der Waals surface area contributed by atoms with Gasteiger partial charge in [-0.25, -0.2) is 4.99 Å². The van der Waals surface area contributed by atoms with Crippen molar-refractivity contribution in [2.75, 3.05) is 25.1 Å². The predicted octanol–water partition coefficient (Wildman–Crippen LogP) is 3.43. The Kier molecular flexibility index (Phi) is 7.87. The second-order valence-corrected chi connectivity index (χ2v) is 7.84. The van der Waals surface area contributed by atoms with Gasteiger partial charge in [-0.2, -0.15) is 0 Å². The molecule has 0 radical (unpaired) electrons. The highest BCUT2D eigenvalue weighted by Gasteiger charge is 2.35. The summed E-state index contributed by atoms with van der Waals surface area (Å²) >= 11 is 1.23. The number of nitrogens with one attached hydrogen (secondary N) is 1. The van der Waals surface area contributed by atoms with E-state index in [0.717, 1.165) is 12.2 Å². The first-order chi connectivity index (χ1) is 14.6. The Balaban J connectivity index is 1.71. The van der Waals surface area contributed by atoms with Gasteiger partial charge in [0.2, 0.25) is 11.8 Å². The van der Waals surface area contributed by atoms with Crippen molar-refractivity contribution in [3.63, 3.8) is 0 Å². The van der Waals surface area contributed by atoms with Crippen molar-refractivity contribution in [2.24, 2.45) is 4.99 Å². The highest BCUT2D eigenvalue weighted by atomic mass is 32.2. The number of rotatable bonds is 8. The largest absolute Gasteiger partial charge is 0.494 e. The lowest BCUT2D eigenvalue weighted by molar-refractivity contribution is -0.129. The maximum atomic E-state index is 12.8. The molecule has 0 aliphatic carbocycles. The third kappa shape index (κ3) is 5.84. The molecule has 7 nitrogen and oxygen atoms in total. The van der Waals surface area contributed by atoms with Crippen LogP contribution in [0.2, 0.25) is 0 Å². The molecule has 8 heteroatoms. The molecule has 2 aromatic carbocycles. The van der Waals surface area contributed by atoms with Crippen molar-refractivity contribution in [1.29, 1.82) is 0 Å². The van der Waals surface area contributed by atoms with Gasteiger partial charge in [0.15, 0.2) is 5.17 Å². The summed E-state index contributed by atoms with van der Waals surface area (Å²) in [5, 5.41) is 12.0. The van der Waals surface area contributed by atoms with Gasteiger partial charge in [-0.05, 0) is 42.8 Å². The highest BCUT2D eigenvalue weighted by molar-refractivity contribution is 8.15. The number of aliphatic hydroxyl groups is 1. The molecule has 30 heavy (non-hydrogen) atoms. The fourth-order valence-corrected chi connectivity index (χ4v) is 3.98. The summed E-state index contributed by atoms with van der Waals surface area (Å²) in [5.74, 6) is 0.245. The molecule has 1 atom stereocenters. The molecule has 0 aromatic heterocycles. The summed E-state index contributed by atoms with van der Waals surface area (Å²) in [6.07, 6.45) is 0.966. The number of amidine groups is 1. The Labute approximate surface area is 180 Å². The number of hydrogen-bond donors (Lipinski definition) is 2. The third-order valence-electron chi connectivity index (χ3n) is 4.33. The van der Waals surface area contributed by atoms with E-state index in [-0.39, 0.29) is 31.4 Å². The molecule has 3 rings (SSSR count). The summed E-state index contributed by atoms with van der Waals surface area (Å²) in [6, 6.07) is 16.4. The van der Waals surface area contributed by atoms with E-state index in [2.05, 4.69) is 10.3 Å². The SMILES string of the molecule is CCCOc1ccc(NC(=O)C2CC(=O)N(CCO)C(=Nc3ccccc3)S2)cc1. The molecule has 0 spiro atoms. The molecule has 2 amide bonds. The quantitative estimate of drug-likeness (QED) is 0.674. The summed E-state index contributed by atoms with van der Waals surface area (Å²) in [7, 11) is 0. The number of β-amino-alcohol motifs (C(OH)–C–C–N with tert-alkyl or cyclic N) is 1. The maximum absolute atomic E-state index is 12.8. The van der Waals surface area contributed by atoms with E-state index >= 15 is 0 Å². The zero-order valence-electron chi connectivity index (χ0n) is 16.8. The maximum Gasteiger partial charge on any atom is 0.238 e. The topological polar surface area (TPSA) is 91.2 Å². The van der Waals surface area contributed by atoms with Gasteiger partial charge in [0, 0.05) is 12.1 Å². The van der Waals surface area contributed by atoms with Crippen LogP contribution in [0.1, 0.15) is 19.8 Å². The monoisotopic (exact) mass is 427 g/mol. The zero-order valence-corrected chi connectivity index (χ0v) is 17.6. The first-order valence-electron chi connectivity index (χ1n) is 9.86. The van der Waals surface area contributed by atoms with Crippen molar-refractivity contribution in [3.05, 3.63) is 54.6 Å². The standard InChI is InChI=1S/C22H25N3O4S/c1-2-14-29-18-10-8-17(9-11-18)23-21(28)19-15-20(27)25(12-13-26)22(30-19)24-16-6-4-3-5-7-16/h3-11,19,26H,2,12-15H2,1H3,(H,23,28). The predicted molar refractivity (Wildman–Crippen MR) is 119 cm³/mol. The molecule has 2 N–H and O–H groups in total. The van der Waals surface area contributed by atoms with Gasteiger partial charge in [-0.3, -0.25) is 14.5 Å². The van der Waals surface area contributed by atoms with E-state index in [1.165, 1.54) is 16.7 Å². The van der Waals surface area contributed by atoms with Crippen LogP contribution in [-0.2, 0) is 9.59 Å². The lowest BCUT2D eigenvalue weighted by atomic mass is 10.2. The second kappa shape index (κ2) is 10.8. The smallest absolute Gasteiger partial charge is 0.238 e. The van der Waals surface area contributed by atoms with Gasteiger partial charge >= 0.3 is 0 Å². The number of aliphatic hydroxyl groups excluding tert-OH is 1. The van der Waals surface area contributed by atoms with E-state index < -0.39 is 5.25 Å². The minimum atomic E-state index is -0.606. The molecular weight excluding hydrogens is 402 g/mol. The van der Waals surface area contributed by atoms with Crippen molar-refractivity contribution in [3.8, 4) is 5.75 Å². The van der Waals surface area contributed by atoms with Gasteiger partial charge in [-0.1, -0.05) is 36.9 Å². The number of para-hydroxylation sites is 1. The number of amides is 2. The molecular formula is C22H25N3O4S. The molecule has 0 bridgehead atoms. The molecule has 1 unspecified atom stereocenters. The fraction of sp³-hybridized carbons (Fsp3) is 0.318. The van der Waals surface area contributed by atoms with E-state index in [1.54, 1.807) is 24.3 Å². The van der Waals surface area contributed by atoms with Gasteiger partial charge in [0.25, 0.3) is 0 Å². The lowest BCUT2D eigenvalue weighted by Gasteiger charge is -2.31. The molecule has 1 saturated heterocycles. The van der Waals surface area contributed by atoms with Crippen LogP contribution in [-0.4, -0.2) is 52.0 Å². The number of anilines is 1. The van der Waals surface area contributed by atoms with E-state index in [1.807, 2.05) is 37.3 Å². The minimum Gasteiger partial charge on any atom is -0.494 e. The first kappa shape index (κ1) is 21.9.